The topological polar surface area (TPSA) is 84.9 Å². The molecule has 116 valence electrons. The van der Waals surface area contributed by atoms with Crippen molar-refractivity contribution in [3.63, 3.8) is 0 Å². The van der Waals surface area contributed by atoms with E-state index in [2.05, 4.69) is 10.1 Å². The van der Waals surface area contributed by atoms with Gasteiger partial charge in [0, 0.05) is 13.2 Å². The van der Waals surface area contributed by atoms with Crippen LogP contribution >= 0.6 is 11.8 Å². The van der Waals surface area contributed by atoms with Crippen molar-refractivity contribution in [2.24, 2.45) is 0 Å². The number of nitrogens with one attached hydrogen (secondary N) is 1. The predicted octanol–water partition coefficient (Wildman–Crippen LogP) is -0.129. The quantitative estimate of drug-likeness (QED) is 0.562. The summed E-state index contributed by atoms with van der Waals surface area (Å²) in [5, 5.41) is 3.19. The van der Waals surface area contributed by atoms with Crippen LogP contribution in [0.3, 0.4) is 0 Å². The number of nitrogens with zero attached hydrogens (tertiary/aromatic N) is 1. The summed E-state index contributed by atoms with van der Waals surface area (Å²) >= 11 is 1.22. The number of amides is 2. The fraction of sp³-hybridized carbons (Fsp3) is 0.615. The van der Waals surface area contributed by atoms with Crippen LogP contribution in [0.15, 0.2) is 11.1 Å². The van der Waals surface area contributed by atoms with Crippen molar-refractivity contribution in [1.29, 1.82) is 0 Å². The summed E-state index contributed by atoms with van der Waals surface area (Å²) in [7, 11) is 1.26. The van der Waals surface area contributed by atoms with Gasteiger partial charge in [0.15, 0.2) is 0 Å². The fourth-order valence-corrected chi connectivity index (χ4v) is 3.02. The lowest BCUT2D eigenvalue weighted by atomic mass is 10.2. The highest BCUT2D eigenvalue weighted by atomic mass is 32.2. The molecular weight excluding hydrogens is 296 g/mol. The number of rotatable bonds is 5. The van der Waals surface area contributed by atoms with E-state index in [4.69, 9.17) is 4.74 Å². The summed E-state index contributed by atoms with van der Waals surface area (Å²) in [6.07, 6.45) is 3.23. The summed E-state index contributed by atoms with van der Waals surface area (Å²) in [4.78, 5) is 36.2. The van der Waals surface area contributed by atoms with E-state index >= 15 is 0 Å². The maximum atomic E-state index is 11.9. The van der Waals surface area contributed by atoms with Crippen molar-refractivity contribution in [1.82, 2.24) is 10.2 Å². The normalized spacial score (nSPS) is 23.7. The van der Waals surface area contributed by atoms with Gasteiger partial charge < -0.3 is 14.8 Å². The van der Waals surface area contributed by atoms with Gasteiger partial charge in [-0.05, 0) is 12.8 Å². The molecule has 0 aromatic carbocycles. The second-order valence-electron chi connectivity index (χ2n) is 4.71. The SMILES string of the molecule is COC(=O)/C=C1/SCC(=O)N1CC(=O)NCC1CCCO1. The minimum absolute atomic E-state index is 0.0580. The first kappa shape index (κ1) is 15.8. The number of methoxy groups -OCH3 is 1. The van der Waals surface area contributed by atoms with Gasteiger partial charge in [-0.25, -0.2) is 4.79 Å². The van der Waals surface area contributed by atoms with Crippen LogP contribution in [-0.2, 0) is 23.9 Å². The number of carbonyl (C=O) groups is 3. The molecule has 0 aromatic rings. The van der Waals surface area contributed by atoms with E-state index in [0.717, 1.165) is 19.4 Å². The maximum absolute atomic E-state index is 11.9. The van der Waals surface area contributed by atoms with Crippen molar-refractivity contribution in [3.8, 4) is 0 Å². The van der Waals surface area contributed by atoms with E-state index in [0.29, 0.717) is 11.6 Å². The first-order valence-electron chi connectivity index (χ1n) is 6.71. The molecule has 1 atom stereocenters. The number of ether oxygens (including phenoxy) is 2. The van der Waals surface area contributed by atoms with Gasteiger partial charge >= 0.3 is 5.97 Å². The molecule has 2 aliphatic rings. The molecule has 0 bridgehead atoms. The van der Waals surface area contributed by atoms with E-state index in [-0.39, 0.29) is 30.2 Å². The molecule has 2 amide bonds. The summed E-state index contributed by atoms with van der Waals surface area (Å²) in [5.74, 6) is -0.779. The minimum atomic E-state index is -0.544. The Labute approximate surface area is 127 Å². The second-order valence-corrected chi connectivity index (χ2v) is 5.71. The van der Waals surface area contributed by atoms with Crippen LogP contribution in [0, 0.1) is 0 Å². The predicted molar refractivity (Wildman–Crippen MR) is 76.3 cm³/mol. The largest absolute Gasteiger partial charge is 0.466 e. The Balaban J connectivity index is 1.86. The number of thioether (sulfide) groups is 1. The highest BCUT2D eigenvalue weighted by molar-refractivity contribution is 8.04. The zero-order chi connectivity index (χ0) is 15.2. The molecular formula is C13H18N2O5S. The molecule has 2 saturated heterocycles. The van der Waals surface area contributed by atoms with Crippen LogP contribution in [0.2, 0.25) is 0 Å². The van der Waals surface area contributed by atoms with Crippen LogP contribution in [0.25, 0.3) is 0 Å². The van der Waals surface area contributed by atoms with Gasteiger partial charge in [-0.2, -0.15) is 0 Å². The molecule has 0 saturated carbocycles. The minimum Gasteiger partial charge on any atom is -0.466 e. The Morgan fingerprint density at radius 3 is 3.05 bits per heavy atom. The van der Waals surface area contributed by atoms with Crippen LogP contribution in [0.5, 0.6) is 0 Å². The van der Waals surface area contributed by atoms with E-state index in [1.165, 1.54) is 29.8 Å². The first-order chi connectivity index (χ1) is 10.1. The monoisotopic (exact) mass is 314 g/mol. The molecule has 7 nitrogen and oxygen atoms in total. The number of hydrogen-bond acceptors (Lipinski definition) is 6. The molecule has 0 spiro atoms. The number of hydrogen-bond donors (Lipinski definition) is 1. The Morgan fingerprint density at radius 1 is 1.57 bits per heavy atom. The van der Waals surface area contributed by atoms with E-state index in [9.17, 15) is 14.4 Å². The lowest BCUT2D eigenvalue weighted by Gasteiger charge is -2.17. The molecule has 0 aliphatic carbocycles. The van der Waals surface area contributed by atoms with E-state index < -0.39 is 5.97 Å². The summed E-state index contributed by atoms with van der Waals surface area (Å²) in [5.41, 5.74) is 0. The van der Waals surface area contributed by atoms with E-state index in [1.807, 2.05) is 0 Å². The lowest BCUT2D eigenvalue weighted by Crippen LogP contribution is -2.40. The van der Waals surface area contributed by atoms with Crippen LogP contribution in [0.1, 0.15) is 12.8 Å². The highest BCUT2D eigenvalue weighted by Gasteiger charge is 2.29. The lowest BCUT2D eigenvalue weighted by molar-refractivity contribution is -0.135. The Bertz CT molecular complexity index is 459. The average Bonchev–Trinajstić information content (AvgIpc) is 3.09. The average molecular weight is 314 g/mol. The third kappa shape index (κ3) is 4.47. The summed E-state index contributed by atoms with van der Waals surface area (Å²) in [6, 6.07) is 0. The number of esters is 1. The van der Waals surface area contributed by atoms with Gasteiger partial charge in [0.25, 0.3) is 0 Å². The van der Waals surface area contributed by atoms with Crippen molar-refractivity contribution in [2.45, 2.75) is 18.9 Å². The molecule has 0 aromatic heterocycles. The van der Waals surface area contributed by atoms with Gasteiger partial charge in [0.1, 0.15) is 6.54 Å². The molecule has 1 N–H and O–H groups in total. The number of carbonyl (C=O) groups excluding carboxylic acids is 3. The van der Waals surface area contributed by atoms with Gasteiger partial charge in [0.2, 0.25) is 11.8 Å². The molecule has 2 fully saturated rings. The molecule has 2 heterocycles. The van der Waals surface area contributed by atoms with E-state index in [1.54, 1.807) is 0 Å². The zero-order valence-corrected chi connectivity index (χ0v) is 12.6. The summed E-state index contributed by atoms with van der Waals surface area (Å²) in [6.45, 7) is 1.08. The third-order valence-corrected chi connectivity index (χ3v) is 4.23. The zero-order valence-electron chi connectivity index (χ0n) is 11.8. The van der Waals surface area contributed by atoms with Crippen molar-refractivity contribution < 1.29 is 23.9 Å². The Morgan fingerprint density at radius 2 is 2.38 bits per heavy atom. The Hall–Kier alpha value is -1.54. The second kappa shape index (κ2) is 7.46. The molecule has 0 radical (unpaired) electrons. The van der Waals surface area contributed by atoms with Crippen molar-refractivity contribution in [3.05, 3.63) is 11.1 Å². The van der Waals surface area contributed by atoms with Gasteiger partial charge in [0.05, 0.1) is 30.1 Å². The first-order valence-corrected chi connectivity index (χ1v) is 7.70. The van der Waals surface area contributed by atoms with Gasteiger partial charge in [-0.3, -0.25) is 14.5 Å². The Kier molecular flexibility index (Phi) is 5.63. The highest BCUT2D eigenvalue weighted by Crippen LogP contribution is 2.28. The van der Waals surface area contributed by atoms with Crippen LogP contribution in [0.4, 0.5) is 0 Å². The van der Waals surface area contributed by atoms with Crippen molar-refractivity contribution >= 4 is 29.5 Å². The van der Waals surface area contributed by atoms with Crippen molar-refractivity contribution in [2.75, 3.05) is 32.6 Å². The maximum Gasteiger partial charge on any atom is 0.333 e. The molecule has 2 rings (SSSR count). The van der Waals surface area contributed by atoms with Crippen LogP contribution < -0.4 is 5.32 Å². The molecule has 21 heavy (non-hydrogen) atoms. The van der Waals surface area contributed by atoms with Crippen LogP contribution in [-0.4, -0.2) is 61.3 Å². The van der Waals surface area contributed by atoms with Gasteiger partial charge in [-0.1, -0.05) is 11.8 Å². The molecule has 8 heteroatoms. The smallest absolute Gasteiger partial charge is 0.333 e. The standard InChI is InChI=1S/C13H18N2O5S/c1-19-13(18)5-12-15(11(17)8-21-12)7-10(16)14-6-9-3-2-4-20-9/h5,9H,2-4,6-8H2,1H3,(H,14,16)/b12-5+. The fourth-order valence-electron chi connectivity index (χ4n) is 2.09. The molecule has 1 unspecified atom stereocenters. The molecule has 2 aliphatic heterocycles. The summed E-state index contributed by atoms with van der Waals surface area (Å²) < 4.78 is 9.94. The third-order valence-electron chi connectivity index (χ3n) is 3.21. The van der Waals surface area contributed by atoms with Gasteiger partial charge in [-0.15, -0.1) is 0 Å².